The van der Waals surface area contributed by atoms with Gasteiger partial charge < -0.3 is 15.2 Å². The Labute approximate surface area is 179 Å². The fourth-order valence-corrected chi connectivity index (χ4v) is 5.67. The topological polar surface area (TPSA) is 80.0 Å². The van der Waals surface area contributed by atoms with Crippen molar-refractivity contribution in [2.24, 2.45) is 0 Å². The van der Waals surface area contributed by atoms with Crippen LogP contribution in [0.1, 0.15) is 51.5 Å². The van der Waals surface area contributed by atoms with E-state index < -0.39 is 0 Å². The van der Waals surface area contributed by atoms with E-state index in [1.165, 1.54) is 22.6 Å². The minimum atomic E-state index is -0.0594. The second-order valence-corrected chi connectivity index (χ2v) is 9.57. The predicted molar refractivity (Wildman–Crippen MR) is 117 cm³/mol. The summed E-state index contributed by atoms with van der Waals surface area (Å²) in [6.45, 7) is 6.01. The molecule has 8 heteroatoms. The van der Waals surface area contributed by atoms with E-state index >= 15 is 0 Å². The molecule has 5 rings (SSSR count). The van der Waals surface area contributed by atoms with Gasteiger partial charge in [0, 0.05) is 33.4 Å². The van der Waals surface area contributed by atoms with E-state index in [9.17, 15) is 4.79 Å². The highest BCUT2D eigenvalue weighted by Gasteiger charge is 2.34. The fourth-order valence-electron chi connectivity index (χ4n) is 4.74. The Kier molecular flexibility index (Phi) is 5.40. The molecule has 0 saturated carbocycles. The molecular weight excluding hydrogens is 408 g/mol. The van der Waals surface area contributed by atoms with E-state index in [-0.39, 0.29) is 24.4 Å². The lowest BCUT2D eigenvalue weighted by Gasteiger charge is -2.29. The highest BCUT2D eigenvalue weighted by molar-refractivity contribution is 7.12. The van der Waals surface area contributed by atoms with Gasteiger partial charge in [0.05, 0.1) is 22.3 Å². The largest absolute Gasteiger partial charge is 0.349 e. The Morgan fingerprint density at radius 2 is 1.93 bits per heavy atom. The van der Waals surface area contributed by atoms with Gasteiger partial charge in [-0.05, 0) is 58.6 Å². The first-order valence-corrected chi connectivity index (χ1v) is 10.7. The molecule has 2 unspecified atom stereocenters. The predicted octanol–water partition coefficient (Wildman–Crippen LogP) is 4.31. The summed E-state index contributed by atoms with van der Waals surface area (Å²) in [6, 6.07) is 5.29. The van der Waals surface area contributed by atoms with Gasteiger partial charge in [0.15, 0.2) is 0 Å². The summed E-state index contributed by atoms with van der Waals surface area (Å²) in [5.74, 6) is -0.0594. The Hall–Kier alpha value is -1.96. The van der Waals surface area contributed by atoms with Crippen LogP contribution in [0.5, 0.6) is 0 Å². The normalized spacial score (nSPS) is 23.2. The standard InChI is InChI=1S/C21H24N4O2S.ClH/c1-10-6-16(12(3)28-10)18-9-17(19-11(2)25-27-21(19)24-18)20(26)23-15-7-13-4-5-14(8-15)22-13;/h6,9,13-15,22H,4-5,7-8H2,1-3H3,(H,23,26);1H. The number of hydrogen-bond acceptors (Lipinski definition) is 6. The number of fused-ring (bicyclic) bond motifs is 3. The van der Waals surface area contributed by atoms with E-state index in [4.69, 9.17) is 4.52 Å². The Balaban J connectivity index is 0.00000205. The van der Waals surface area contributed by atoms with Gasteiger partial charge >= 0.3 is 0 Å². The molecule has 0 aliphatic carbocycles. The summed E-state index contributed by atoms with van der Waals surface area (Å²) in [5, 5.41) is 11.7. The number of carbonyl (C=O) groups is 1. The molecule has 2 aliphatic rings. The SMILES string of the molecule is Cc1cc(-c2cc(C(=O)NC3CC4CCC(C3)N4)c3c(C)noc3n2)c(C)s1.Cl. The quantitative estimate of drug-likeness (QED) is 0.644. The third-order valence-electron chi connectivity index (χ3n) is 5.99. The van der Waals surface area contributed by atoms with Crippen molar-refractivity contribution in [3.63, 3.8) is 0 Å². The van der Waals surface area contributed by atoms with E-state index in [0.717, 1.165) is 24.1 Å². The monoisotopic (exact) mass is 432 g/mol. The Morgan fingerprint density at radius 1 is 1.21 bits per heavy atom. The molecule has 2 N–H and O–H groups in total. The van der Waals surface area contributed by atoms with Gasteiger partial charge in [-0.2, -0.15) is 0 Å². The number of piperidine rings is 1. The van der Waals surface area contributed by atoms with Crippen LogP contribution in [0.25, 0.3) is 22.4 Å². The van der Waals surface area contributed by atoms with Crippen LogP contribution in [-0.2, 0) is 0 Å². The number of rotatable bonds is 3. The maximum atomic E-state index is 13.3. The van der Waals surface area contributed by atoms with E-state index in [1.807, 2.05) is 13.0 Å². The van der Waals surface area contributed by atoms with Crippen LogP contribution in [0.4, 0.5) is 0 Å². The molecule has 2 atom stereocenters. The highest BCUT2D eigenvalue weighted by atomic mass is 35.5. The van der Waals surface area contributed by atoms with Gasteiger partial charge in [-0.3, -0.25) is 4.79 Å². The molecule has 29 heavy (non-hydrogen) atoms. The minimum Gasteiger partial charge on any atom is -0.349 e. The van der Waals surface area contributed by atoms with Crippen molar-refractivity contribution in [2.45, 2.75) is 64.6 Å². The van der Waals surface area contributed by atoms with Gasteiger partial charge in [0.1, 0.15) is 0 Å². The Bertz CT molecular complexity index is 1060. The molecule has 0 radical (unpaired) electrons. The molecule has 5 heterocycles. The van der Waals surface area contributed by atoms with Gasteiger partial charge in [-0.1, -0.05) is 5.16 Å². The number of pyridine rings is 1. The molecule has 0 aromatic carbocycles. The third kappa shape index (κ3) is 3.67. The molecule has 1 amide bonds. The van der Waals surface area contributed by atoms with Crippen LogP contribution in [0.15, 0.2) is 16.7 Å². The summed E-state index contributed by atoms with van der Waals surface area (Å²) < 4.78 is 5.43. The number of thiophene rings is 1. The molecule has 2 saturated heterocycles. The first-order valence-electron chi connectivity index (χ1n) is 9.89. The molecule has 0 spiro atoms. The molecule has 6 nitrogen and oxygen atoms in total. The van der Waals surface area contributed by atoms with Gasteiger partial charge in [-0.25, -0.2) is 4.98 Å². The lowest BCUT2D eigenvalue weighted by Crippen LogP contribution is -2.48. The molecular formula is C21H25ClN4O2S. The lowest BCUT2D eigenvalue weighted by atomic mass is 9.98. The van der Waals surface area contributed by atoms with Gasteiger partial charge in [0.2, 0.25) is 0 Å². The zero-order valence-electron chi connectivity index (χ0n) is 16.7. The maximum absolute atomic E-state index is 13.3. The van der Waals surface area contributed by atoms with E-state index in [1.54, 1.807) is 11.3 Å². The molecule has 2 aliphatic heterocycles. The maximum Gasteiger partial charge on any atom is 0.259 e. The van der Waals surface area contributed by atoms with Crippen LogP contribution in [0.3, 0.4) is 0 Å². The number of carbonyl (C=O) groups excluding carboxylic acids is 1. The van der Waals surface area contributed by atoms with Crippen LogP contribution in [-0.4, -0.2) is 34.2 Å². The Morgan fingerprint density at radius 3 is 2.59 bits per heavy atom. The minimum absolute atomic E-state index is 0. The van der Waals surface area contributed by atoms with Gasteiger partial charge in [0.25, 0.3) is 11.6 Å². The smallest absolute Gasteiger partial charge is 0.259 e. The number of nitrogens with zero attached hydrogens (tertiary/aromatic N) is 2. The second-order valence-electron chi connectivity index (χ2n) is 8.11. The number of aryl methyl sites for hydroxylation is 3. The number of aromatic nitrogens is 2. The number of amides is 1. The van der Waals surface area contributed by atoms with Crippen molar-refractivity contribution in [2.75, 3.05) is 0 Å². The third-order valence-corrected chi connectivity index (χ3v) is 6.95. The first kappa shape index (κ1) is 20.3. The second kappa shape index (κ2) is 7.70. The zero-order valence-corrected chi connectivity index (χ0v) is 18.4. The zero-order chi connectivity index (χ0) is 19.4. The summed E-state index contributed by atoms with van der Waals surface area (Å²) >= 11 is 1.73. The van der Waals surface area contributed by atoms with Crippen LogP contribution in [0, 0.1) is 20.8 Å². The number of nitrogens with one attached hydrogen (secondary N) is 2. The van der Waals surface area contributed by atoms with Crippen LogP contribution >= 0.6 is 23.7 Å². The van der Waals surface area contributed by atoms with Crippen molar-refractivity contribution in [3.05, 3.63) is 33.1 Å². The van der Waals surface area contributed by atoms with Crippen molar-refractivity contribution < 1.29 is 9.32 Å². The summed E-state index contributed by atoms with van der Waals surface area (Å²) in [5.41, 5.74) is 3.54. The van der Waals surface area contributed by atoms with Crippen molar-refractivity contribution >= 4 is 40.8 Å². The summed E-state index contributed by atoms with van der Waals surface area (Å²) in [7, 11) is 0. The molecule has 3 aromatic rings. The van der Waals surface area contributed by atoms with E-state index in [2.05, 4.69) is 40.7 Å². The molecule has 154 valence electrons. The lowest BCUT2D eigenvalue weighted by molar-refractivity contribution is 0.0925. The molecule has 3 aromatic heterocycles. The van der Waals surface area contributed by atoms with Crippen molar-refractivity contribution in [1.82, 2.24) is 20.8 Å². The molecule has 2 bridgehead atoms. The van der Waals surface area contributed by atoms with Gasteiger partial charge in [-0.15, -0.1) is 23.7 Å². The van der Waals surface area contributed by atoms with Crippen LogP contribution in [0.2, 0.25) is 0 Å². The average Bonchev–Trinajstić information content (AvgIpc) is 3.31. The summed E-state index contributed by atoms with van der Waals surface area (Å²) in [6.07, 6.45) is 4.41. The number of halogens is 1. The number of hydrogen-bond donors (Lipinski definition) is 2. The average molecular weight is 433 g/mol. The van der Waals surface area contributed by atoms with Crippen molar-refractivity contribution in [1.29, 1.82) is 0 Å². The van der Waals surface area contributed by atoms with E-state index in [0.29, 0.717) is 34.4 Å². The summed E-state index contributed by atoms with van der Waals surface area (Å²) in [4.78, 5) is 20.3. The molecule has 2 fully saturated rings. The van der Waals surface area contributed by atoms with Crippen molar-refractivity contribution in [3.8, 4) is 11.3 Å². The first-order chi connectivity index (χ1) is 13.5. The highest BCUT2D eigenvalue weighted by Crippen LogP contribution is 2.33. The van der Waals surface area contributed by atoms with Crippen LogP contribution < -0.4 is 10.6 Å². The fraction of sp³-hybridized carbons (Fsp3) is 0.476.